The molecule has 2 unspecified atom stereocenters. The lowest BCUT2D eigenvalue weighted by Gasteiger charge is -2.29. The molecule has 0 spiro atoms. The Labute approximate surface area is 117 Å². The molecule has 7 heteroatoms. The number of aliphatic carboxylic acids is 1. The number of nitrogens with one attached hydrogen (secondary N) is 2. The maximum Gasteiger partial charge on any atom is 0.326 e. The van der Waals surface area contributed by atoms with E-state index in [1.807, 2.05) is 6.26 Å². The second-order valence-electron chi connectivity index (χ2n) is 4.84. The number of hydrogen-bond acceptors (Lipinski definition) is 4. The molecule has 1 aliphatic carbocycles. The third-order valence-corrected chi connectivity index (χ3v) is 3.99. The number of thioether (sulfide) groups is 1. The van der Waals surface area contributed by atoms with Crippen LogP contribution in [0, 0.1) is 0 Å². The molecule has 6 nitrogen and oxygen atoms in total. The van der Waals surface area contributed by atoms with Crippen LogP contribution in [0.1, 0.15) is 32.1 Å². The third kappa shape index (κ3) is 5.69. The van der Waals surface area contributed by atoms with Gasteiger partial charge in [-0.2, -0.15) is 11.8 Å². The average molecular weight is 289 g/mol. The zero-order valence-electron chi connectivity index (χ0n) is 11.2. The Morgan fingerprint density at radius 1 is 1.42 bits per heavy atom. The number of rotatable bonds is 6. The van der Waals surface area contributed by atoms with E-state index in [0.717, 1.165) is 25.7 Å². The van der Waals surface area contributed by atoms with Crippen molar-refractivity contribution in [3.05, 3.63) is 0 Å². The second kappa shape index (κ2) is 8.27. The summed E-state index contributed by atoms with van der Waals surface area (Å²) in [7, 11) is 0. The quantitative estimate of drug-likeness (QED) is 0.578. The maximum absolute atomic E-state index is 11.8. The Morgan fingerprint density at radius 3 is 2.68 bits per heavy atom. The lowest BCUT2D eigenvalue weighted by molar-refractivity contribution is -0.139. The number of carbonyl (C=O) groups excluding carboxylic acids is 1. The van der Waals surface area contributed by atoms with E-state index in [1.54, 1.807) is 11.8 Å². The fourth-order valence-electron chi connectivity index (χ4n) is 2.20. The first-order valence-corrected chi connectivity index (χ1v) is 7.98. The van der Waals surface area contributed by atoms with E-state index >= 15 is 0 Å². The topological polar surface area (TPSA) is 104 Å². The minimum Gasteiger partial charge on any atom is -0.480 e. The van der Waals surface area contributed by atoms with Gasteiger partial charge in [0.15, 0.2) is 0 Å². The zero-order chi connectivity index (χ0) is 14.3. The van der Waals surface area contributed by atoms with Crippen LogP contribution in [0.25, 0.3) is 0 Å². The summed E-state index contributed by atoms with van der Waals surface area (Å²) in [6.45, 7) is 0. The molecule has 0 aromatic carbocycles. The molecule has 1 fully saturated rings. The molecule has 3 atom stereocenters. The fourth-order valence-corrected chi connectivity index (χ4v) is 2.67. The van der Waals surface area contributed by atoms with Gasteiger partial charge in [0.25, 0.3) is 0 Å². The van der Waals surface area contributed by atoms with Crippen LogP contribution in [0.15, 0.2) is 0 Å². The Balaban J connectivity index is 2.40. The summed E-state index contributed by atoms with van der Waals surface area (Å²) in [6, 6.07) is -1.36. The van der Waals surface area contributed by atoms with Gasteiger partial charge in [-0.05, 0) is 31.3 Å². The fraction of sp³-hybridized carbons (Fsp3) is 0.833. The van der Waals surface area contributed by atoms with E-state index in [1.165, 1.54) is 0 Å². The predicted molar refractivity (Wildman–Crippen MR) is 76.3 cm³/mol. The van der Waals surface area contributed by atoms with E-state index in [0.29, 0.717) is 12.2 Å². The van der Waals surface area contributed by atoms with Crippen molar-refractivity contribution >= 4 is 23.8 Å². The molecule has 0 radical (unpaired) electrons. The van der Waals surface area contributed by atoms with Gasteiger partial charge in [0.1, 0.15) is 6.04 Å². The largest absolute Gasteiger partial charge is 0.480 e. The normalized spacial score (nSPS) is 24.5. The number of amides is 2. The first kappa shape index (κ1) is 16.1. The monoisotopic (exact) mass is 289 g/mol. The highest BCUT2D eigenvalue weighted by atomic mass is 32.2. The first-order valence-electron chi connectivity index (χ1n) is 6.59. The molecule has 1 rings (SSSR count). The SMILES string of the molecule is CSCC[C@H](NC(=O)NC1CCCCC1N)C(=O)O. The molecule has 0 aromatic rings. The van der Waals surface area contributed by atoms with Crippen molar-refractivity contribution in [2.24, 2.45) is 5.73 Å². The zero-order valence-corrected chi connectivity index (χ0v) is 12.0. The van der Waals surface area contributed by atoms with Gasteiger partial charge in [0, 0.05) is 12.1 Å². The molecule has 5 N–H and O–H groups in total. The molecule has 0 heterocycles. The van der Waals surface area contributed by atoms with Crippen molar-refractivity contribution in [3.63, 3.8) is 0 Å². The summed E-state index contributed by atoms with van der Waals surface area (Å²) in [5.74, 6) is -0.308. The van der Waals surface area contributed by atoms with Crippen LogP contribution >= 0.6 is 11.8 Å². The highest BCUT2D eigenvalue weighted by Crippen LogP contribution is 2.16. The van der Waals surface area contributed by atoms with Gasteiger partial charge in [-0.25, -0.2) is 9.59 Å². The lowest BCUT2D eigenvalue weighted by Crippen LogP contribution is -2.54. The van der Waals surface area contributed by atoms with Gasteiger partial charge in [-0.3, -0.25) is 0 Å². The van der Waals surface area contributed by atoms with E-state index in [2.05, 4.69) is 10.6 Å². The Morgan fingerprint density at radius 2 is 2.11 bits per heavy atom. The van der Waals surface area contributed by atoms with Gasteiger partial charge in [-0.1, -0.05) is 12.8 Å². The molecule has 0 bridgehead atoms. The number of carboxylic acids is 1. The second-order valence-corrected chi connectivity index (χ2v) is 5.83. The Kier molecular flexibility index (Phi) is 7.01. The molecular weight excluding hydrogens is 266 g/mol. The summed E-state index contributed by atoms with van der Waals surface area (Å²) < 4.78 is 0. The molecule has 0 saturated heterocycles. The van der Waals surface area contributed by atoms with Gasteiger partial charge in [0.2, 0.25) is 0 Å². The van der Waals surface area contributed by atoms with Crippen molar-refractivity contribution in [1.82, 2.24) is 10.6 Å². The van der Waals surface area contributed by atoms with Crippen molar-refractivity contribution < 1.29 is 14.7 Å². The minimum atomic E-state index is -1.00. The molecular formula is C12H23N3O3S. The highest BCUT2D eigenvalue weighted by Gasteiger charge is 2.25. The third-order valence-electron chi connectivity index (χ3n) is 3.35. The van der Waals surface area contributed by atoms with Crippen molar-refractivity contribution in [2.75, 3.05) is 12.0 Å². The molecule has 1 aliphatic rings. The van der Waals surface area contributed by atoms with Crippen LogP contribution in [0.4, 0.5) is 4.79 Å². The molecule has 1 saturated carbocycles. The van der Waals surface area contributed by atoms with E-state index < -0.39 is 18.0 Å². The van der Waals surface area contributed by atoms with Crippen LogP contribution in [0.5, 0.6) is 0 Å². The van der Waals surface area contributed by atoms with Gasteiger partial charge >= 0.3 is 12.0 Å². The standard InChI is InChI=1S/C12H23N3O3S/c1-19-7-6-10(11(16)17)15-12(18)14-9-5-3-2-4-8(9)13/h8-10H,2-7,13H2,1H3,(H,16,17)(H2,14,15,18)/t8?,9?,10-/m0/s1. The molecule has 0 aliphatic heterocycles. The van der Waals surface area contributed by atoms with Crippen molar-refractivity contribution in [3.8, 4) is 0 Å². The maximum atomic E-state index is 11.8. The highest BCUT2D eigenvalue weighted by molar-refractivity contribution is 7.98. The van der Waals surface area contributed by atoms with E-state index in [4.69, 9.17) is 10.8 Å². The molecule has 110 valence electrons. The lowest BCUT2D eigenvalue weighted by atomic mass is 9.91. The van der Waals surface area contributed by atoms with Gasteiger partial charge in [0.05, 0.1) is 0 Å². The number of carboxylic acid groups (broad SMARTS) is 1. The van der Waals surface area contributed by atoms with Crippen LogP contribution in [0.3, 0.4) is 0 Å². The number of urea groups is 1. The van der Waals surface area contributed by atoms with Crippen LogP contribution < -0.4 is 16.4 Å². The van der Waals surface area contributed by atoms with Crippen molar-refractivity contribution in [2.45, 2.75) is 50.2 Å². The summed E-state index contributed by atoms with van der Waals surface area (Å²) >= 11 is 1.56. The number of hydrogen-bond donors (Lipinski definition) is 4. The van der Waals surface area contributed by atoms with Crippen LogP contribution in [-0.2, 0) is 4.79 Å². The number of carbonyl (C=O) groups is 2. The average Bonchev–Trinajstić information content (AvgIpc) is 2.37. The minimum absolute atomic E-state index is 0.0334. The predicted octanol–water partition coefficient (Wildman–Crippen LogP) is 0.762. The molecule has 2 amide bonds. The first-order chi connectivity index (χ1) is 9.04. The van der Waals surface area contributed by atoms with E-state index in [9.17, 15) is 9.59 Å². The number of nitrogens with two attached hydrogens (primary N) is 1. The molecule has 19 heavy (non-hydrogen) atoms. The summed E-state index contributed by atoms with van der Waals surface area (Å²) in [5, 5.41) is 14.3. The molecule has 0 aromatic heterocycles. The summed E-state index contributed by atoms with van der Waals surface area (Å²) in [4.78, 5) is 22.8. The Hall–Kier alpha value is -0.950. The van der Waals surface area contributed by atoms with E-state index in [-0.39, 0.29) is 12.1 Å². The summed E-state index contributed by atoms with van der Waals surface area (Å²) in [6.07, 6.45) is 6.22. The van der Waals surface area contributed by atoms with Crippen LogP contribution in [0.2, 0.25) is 0 Å². The Bertz CT molecular complexity index is 315. The van der Waals surface area contributed by atoms with Crippen LogP contribution in [-0.4, -0.2) is 47.2 Å². The van der Waals surface area contributed by atoms with Gasteiger partial charge < -0.3 is 21.5 Å². The smallest absolute Gasteiger partial charge is 0.326 e. The summed E-state index contributed by atoms with van der Waals surface area (Å²) in [5.41, 5.74) is 5.94. The van der Waals surface area contributed by atoms with Gasteiger partial charge in [-0.15, -0.1) is 0 Å². The van der Waals surface area contributed by atoms with Crippen molar-refractivity contribution in [1.29, 1.82) is 0 Å².